The zero-order valence-electron chi connectivity index (χ0n) is 14.4. The number of carbonyl (C=O) groups is 1. The number of carbonyl (C=O) groups excluding carboxylic acids is 1. The summed E-state index contributed by atoms with van der Waals surface area (Å²) < 4.78 is 29.9. The molecule has 0 spiro atoms. The normalized spacial score (nSPS) is 16.1. The molecular weight excluding hydrogens is 373 g/mol. The van der Waals surface area contributed by atoms with Gasteiger partial charge >= 0.3 is 6.03 Å². The molecule has 8 heteroatoms. The van der Waals surface area contributed by atoms with E-state index in [2.05, 4.69) is 21.1 Å². The summed E-state index contributed by atoms with van der Waals surface area (Å²) in [5.74, 6) is -0.583. The van der Waals surface area contributed by atoms with E-state index < -0.39 is 22.4 Å². The van der Waals surface area contributed by atoms with Crippen LogP contribution in [0.15, 0.2) is 20.7 Å². The molecule has 138 valence electrons. The van der Waals surface area contributed by atoms with Crippen molar-refractivity contribution in [3.05, 3.63) is 45.1 Å². The van der Waals surface area contributed by atoms with Gasteiger partial charge in [-0.3, -0.25) is 0 Å². The number of thiophene rings is 1. The van der Waals surface area contributed by atoms with Gasteiger partial charge in [0.15, 0.2) is 0 Å². The predicted molar refractivity (Wildman–Crippen MR) is 101 cm³/mol. The third kappa shape index (κ3) is 3.17. The Kier molecular flexibility index (Phi) is 4.81. The number of hydrogen-bond donors (Lipinski definition) is 2. The fraction of sp³-hybridized carbons (Fsp3) is 0.389. The molecular formula is C18H19FN3O2S2-. The third-order valence-electron chi connectivity index (χ3n) is 4.86. The molecule has 2 aliphatic carbocycles. The molecule has 0 radical (unpaired) electrons. The first-order valence-electron chi connectivity index (χ1n) is 8.60. The molecule has 4 rings (SSSR count). The molecule has 0 saturated heterocycles. The van der Waals surface area contributed by atoms with E-state index in [0.29, 0.717) is 11.4 Å². The number of hydrogen-bond acceptors (Lipinski definition) is 5. The molecule has 1 aromatic carbocycles. The van der Waals surface area contributed by atoms with Crippen molar-refractivity contribution in [2.45, 2.75) is 42.9 Å². The minimum absolute atomic E-state index is 0.0169. The number of fused-ring (bicyclic) bond motifs is 2. The van der Waals surface area contributed by atoms with Gasteiger partial charge in [-0.25, -0.2) is 9.18 Å². The maximum absolute atomic E-state index is 14.0. The number of urea groups is 1. The van der Waals surface area contributed by atoms with E-state index >= 15 is 0 Å². The lowest BCUT2D eigenvalue weighted by Gasteiger charge is -2.25. The van der Waals surface area contributed by atoms with Crippen LogP contribution in [0, 0.1) is 5.82 Å². The van der Waals surface area contributed by atoms with Gasteiger partial charge in [-0.15, -0.1) is 10.6 Å². The Bertz CT molecular complexity index is 977. The SMILES string of the molecule is CNCc1cc(F)c(/[S-](=O)=N/C(=O)Nc2c3c(cc4c2CC4)CCC3)s1. The van der Waals surface area contributed by atoms with Crippen LogP contribution in [0.4, 0.5) is 14.9 Å². The highest BCUT2D eigenvalue weighted by atomic mass is 32.2. The smallest absolute Gasteiger partial charge is 0.322 e. The lowest BCUT2D eigenvalue weighted by molar-refractivity contribution is 0.260. The minimum atomic E-state index is -2.05. The van der Waals surface area contributed by atoms with E-state index in [0.717, 1.165) is 49.1 Å². The molecule has 26 heavy (non-hydrogen) atoms. The quantitative estimate of drug-likeness (QED) is 0.775. The van der Waals surface area contributed by atoms with Crippen LogP contribution in [0.25, 0.3) is 0 Å². The van der Waals surface area contributed by atoms with E-state index in [9.17, 15) is 13.4 Å². The summed E-state index contributed by atoms with van der Waals surface area (Å²) >= 11 is 1.07. The molecule has 0 saturated carbocycles. The standard InChI is InChI=1S/C18H19FN3O2S2/c1-20-9-12-8-15(19)17(25-12)26(24)22-18(23)21-16-13-4-2-3-10(13)7-11-5-6-14(11)16/h7-8,20H,2-6,9H2,1H3,(H,21,23)/q-1. The number of anilines is 1. The molecule has 2 aliphatic rings. The fourth-order valence-electron chi connectivity index (χ4n) is 3.62. The summed E-state index contributed by atoms with van der Waals surface area (Å²) in [7, 11) is -0.295. The minimum Gasteiger partial charge on any atom is -0.439 e. The number of nitrogens with one attached hydrogen (secondary N) is 2. The molecule has 2 amide bonds. The lowest BCUT2D eigenvalue weighted by Crippen LogP contribution is -2.18. The van der Waals surface area contributed by atoms with Gasteiger partial charge in [-0.05, 0) is 71.7 Å². The van der Waals surface area contributed by atoms with Crippen LogP contribution < -0.4 is 10.6 Å². The summed E-state index contributed by atoms with van der Waals surface area (Å²) in [5.41, 5.74) is 5.76. The van der Waals surface area contributed by atoms with Crippen LogP contribution in [-0.4, -0.2) is 13.1 Å². The van der Waals surface area contributed by atoms with Crippen LogP contribution in [0.5, 0.6) is 0 Å². The van der Waals surface area contributed by atoms with Crippen LogP contribution in [0.1, 0.15) is 33.6 Å². The van der Waals surface area contributed by atoms with E-state index in [1.807, 2.05) is 0 Å². The Morgan fingerprint density at radius 1 is 1.23 bits per heavy atom. The molecule has 2 aromatic rings. The van der Waals surface area contributed by atoms with E-state index in [-0.39, 0.29) is 4.21 Å². The highest BCUT2D eigenvalue weighted by molar-refractivity contribution is 7.78. The number of aryl methyl sites for hydroxylation is 2. The maximum Gasteiger partial charge on any atom is 0.322 e. The second-order valence-corrected chi connectivity index (χ2v) is 9.01. The Morgan fingerprint density at radius 3 is 2.73 bits per heavy atom. The number of rotatable bonds is 4. The van der Waals surface area contributed by atoms with Gasteiger partial charge in [0.1, 0.15) is 5.82 Å². The van der Waals surface area contributed by atoms with Gasteiger partial charge in [-0.1, -0.05) is 6.07 Å². The molecule has 0 aliphatic heterocycles. The van der Waals surface area contributed by atoms with Crippen LogP contribution in [0.2, 0.25) is 0 Å². The maximum atomic E-state index is 14.0. The second kappa shape index (κ2) is 7.09. The monoisotopic (exact) mass is 392 g/mol. The Balaban J connectivity index is 1.58. The molecule has 1 aromatic heterocycles. The van der Waals surface area contributed by atoms with Gasteiger partial charge in [0, 0.05) is 17.1 Å². The number of nitrogens with zero attached hydrogens (tertiary/aromatic N) is 1. The highest BCUT2D eigenvalue weighted by Gasteiger charge is 2.26. The number of halogens is 1. The zero-order chi connectivity index (χ0) is 18.3. The van der Waals surface area contributed by atoms with Crippen molar-refractivity contribution in [3.63, 3.8) is 0 Å². The Morgan fingerprint density at radius 2 is 2.00 bits per heavy atom. The first-order valence-corrected chi connectivity index (χ1v) is 10.5. The molecule has 0 atom stereocenters. The van der Waals surface area contributed by atoms with Gasteiger partial charge < -0.3 is 19.2 Å². The molecule has 0 unspecified atom stereocenters. The average molecular weight is 393 g/mol. The predicted octanol–water partition coefficient (Wildman–Crippen LogP) is 3.93. The third-order valence-corrected chi connectivity index (χ3v) is 7.28. The summed E-state index contributed by atoms with van der Waals surface area (Å²) in [4.78, 5) is 13.0. The van der Waals surface area contributed by atoms with Crippen molar-refractivity contribution >= 4 is 33.7 Å². The van der Waals surface area contributed by atoms with E-state index in [4.69, 9.17) is 0 Å². The van der Waals surface area contributed by atoms with Crippen molar-refractivity contribution < 1.29 is 13.4 Å². The highest BCUT2D eigenvalue weighted by Crippen LogP contribution is 2.39. The largest absolute Gasteiger partial charge is 0.439 e. The van der Waals surface area contributed by atoms with Crippen molar-refractivity contribution in [2.75, 3.05) is 12.4 Å². The van der Waals surface area contributed by atoms with Crippen molar-refractivity contribution in [1.29, 1.82) is 0 Å². The summed E-state index contributed by atoms with van der Waals surface area (Å²) in [5, 5.41) is 5.74. The van der Waals surface area contributed by atoms with Crippen LogP contribution >= 0.6 is 11.3 Å². The zero-order valence-corrected chi connectivity index (χ0v) is 16.0. The first kappa shape index (κ1) is 17.6. The molecule has 0 bridgehead atoms. The molecule has 0 fully saturated rings. The summed E-state index contributed by atoms with van der Waals surface area (Å²) in [6.07, 6.45) is 5.02. The molecule has 5 nitrogen and oxygen atoms in total. The van der Waals surface area contributed by atoms with Crippen molar-refractivity contribution in [2.24, 2.45) is 4.36 Å². The van der Waals surface area contributed by atoms with E-state index in [1.165, 1.54) is 28.3 Å². The fourth-order valence-corrected chi connectivity index (χ4v) is 5.62. The first-order chi connectivity index (χ1) is 12.6. The van der Waals surface area contributed by atoms with Crippen molar-refractivity contribution in [3.8, 4) is 0 Å². The van der Waals surface area contributed by atoms with Crippen LogP contribution in [0.3, 0.4) is 0 Å². The van der Waals surface area contributed by atoms with Gasteiger partial charge in [0.25, 0.3) is 0 Å². The summed E-state index contributed by atoms with van der Waals surface area (Å²) in [6, 6.07) is 2.89. The average Bonchev–Trinajstić information content (AvgIpc) is 3.17. The van der Waals surface area contributed by atoms with Gasteiger partial charge in [0.05, 0.1) is 0 Å². The second-order valence-electron chi connectivity index (χ2n) is 6.53. The van der Waals surface area contributed by atoms with Crippen molar-refractivity contribution in [1.82, 2.24) is 5.32 Å². The van der Waals surface area contributed by atoms with Crippen LogP contribution in [-0.2, 0) is 47.0 Å². The molecule has 1 heterocycles. The number of benzene rings is 1. The topological polar surface area (TPSA) is 70.6 Å². The summed E-state index contributed by atoms with van der Waals surface area (Å²) in [6.45, 7) is 0.479. The van der Waals surface area contributed by atoms with Gasteiger partial charge in [0.2, 0.25) is 0 Å². The Hall–Kier alpha value is -1.77. The molecule has 2 N–H and O–H groups in total. The van der Waals surface area contributed by atoms with Gasteiger partial charge in [-0.2, -0.15) is 11.3 Å². The number of amides is 2. The van der Waals surface area contributed by atoms with E-state index in [1.54, 1.807) is 7.05 Å². The lowest BCUT2D eigenvalue weighted by atomic mass is 9.83. The Labute approximate surface area is 157 Å².